The van der Waals surface area contributed by atoms with Crippen LogP contribution in [0.1, 0.15) is 11.1 Å². The normalized spacial score (nSPS) is 11.6. The Morgan fingerprint density at radius 1 is 1.00 bits per heavy atom. The van der Waals surface area contributed by atoms with Crippen LogP contribution in [0.3, 0.4) is 0 Å². The fraction of sp³-hybridized carbons (Fsp3) is 0.0476. The summed E-state index contributed by atoms with van der Waals surface area (Å²) >= 11 is 1.42. The zero-order valence-electron chi connectivity index (χ0n) is 14.9. The third-order valence-corrected chi connectivity index (χ3v) is 4.79. The molecule has 7 heteroatoms. The molecule has 28 heavy (non-hydrogen) atoms. The van der Waals surface area contributed by atoms with Gasteiger partial charge in [-0.25, -0.2) is 0 Å². The summed E-state index contributed by atoms with van der Waals surface area (Å²) in [5.74, 6) is 0.727. The van der Waals surface area contributed by atoms with Gasteiger partial charge in [-0.3, -0.25) is 10.1 Å². The number of hydrogen-bond donors (Lipinski definition) is 1. The van der Waals surface area contributed by atoms with Gasteiger partial charge in [0.05, 0.1) is 11.1 Å². The van der Waals surface area contributed by atoms with Crippen molar-refractivity contribution < 1.29 is 4.92 Å². The second kappa shape index (κ2) is 9.48. The van der Waals surface area contributed by atoms with Crippen molar-refractivity contribution in [3.8, 4) is 11.1 Å². The van der Waals surface area contributed by atoms with Gasteiger partial charge < -0.3 is 5.73 Å². The largest absolute Gasteiger partial charge is 0.377 e. The van der Waals surface area contributed by atoms with E-state index in [2.05, 4.69) is 10.2 Å². The van der Waals surface area contributed by atoms with Crippen molar-refractivity contribution in [3.05, 3.63) is 100 Å². The van der Waals surface area contributed by atoms with Gasteiger partial charge in [0.1, 0.15) is 0 Å². The van der Waals surface area contributed by atoms with Crippen molar-refractivity contribution in [1.29, 1.82) is 0 Å². The molecule has 0 fully saturated rings. The molecule has 0 aliphatic rings. The fourth-order valence-corrected chi connectivity index (χ4v) is 3.16. The number of non-ortho nitro benzene ring substituents is 1. The van der Waals surface area contributed by atoms with Crippen molar-refractivity contribution in [2.75, 3.05) is 0 Å². The molecular formula is C21H18N4O2S. The molecule has 0 aliphatic heterocycles. The van der Waals surface area contributed by atoms with Crippen LogP contribution in [-0.2, 0) is 5.75 Å². The number of nitro benzene ring substituents is 1. The number of benzene rings is 3. The second-order valence-corrected chi connectivity index (χ2v) is 6.84. The lowest BCUT2D eigenvalue weighted by molar-refractivity contribution is -0.384. The van der Waals surface area contributed by atoms with Crippen molar-refractivity contribution in [3.63, 3.8) is 0 Å². The predicted octanol–water partition coefficient (Wildman–Crippen LogP) is 4.84. The highest BCUT2D eigenvalue weighted by molar-refractivity contribution is 8.13. The Morgan fingerprint density at radius 2 is 1.68 bits per heavy atom. The van der Waals surface area contributed by atoms with Gasteiger partial charge in [-0.1, -0.05) is 66.4 Å². The van der Waals surface area contributed by atoms with Crippen molar-refractivity contribution in [1.82, 2.24) is 0 Å². The number of nitrogens with zero attached hydrogens (tertiary/aromatic N) is 3. The first-order valence-corrected chi connectivity index (χ1v) is 9.49. The number of thioether (sulfide) groups is 1. The molecule has 0 unspecified atom stereocenters. The van der Waals surface area contributed by atoms with Crippen molar-refractivity contribution in [2.45, 2.75) is 5.75 Å². The van der Waals surface area contributed by atoms with E-state index in [9.17, 15) is 10.1 Å². The van der Waals surface area contributed by atoms with Gasteiger partial charge in [0.25, 0.3) is 5.69 Å². The molecule has 2 N–H and O–H groups in total. The van der Waals surface area contributed by atoms with E-state index in [4.69, 9.17) is 5.73 Å². The molecule has 3 aromatic rings. The quantitative estimate of drug-likeness (QED) is 0.282. The summed E-state index contributed by atoms with van der Waals surface area (Å²) in [5, 5.41) is 19.3. The maximum absolute atomic E-state index is 10.8. The summed E-state index contributed by atoms with van der Waals surface area (Å²) in [6, 6.07) is 24.0. The van der Waals surface area contributed by atoms with Gasteiger partial charge in [0.15, 0.2) is 5.17 Å². The average molecular weight is 390 g/mol. The summed E-state index contributed by atoms with van der Waals surface area (Å²) in [5.41, 5.74) is 9.76. The number of nitro groups is 1. The van der Waals surface area contributed by atoms with E-state index in [0.29, 0.717) is 5.17 Å². The lowest BCUT2D eigenvalue weighted by Gasteiger charge is -2.05. The monoisotopic (exact) mass is 390 g/mol. The molecule has 3 aromatic carbocycles. The Kier molecular flexibility index (Phi) is 6.54. The van der Waals surface area contributed by atoms with Crippen LogP contribution < -0.4 is 5.73 Å². The van der Waals surface area contributed by atoms with Crippen LogP contribution in [0.25, 0.3) is 11.1 Å². The summed E-state index contributed by atoms with van der Waals surface area (Å²) in [7, 11) is 0. The van der Waals surface area contributed by atoms with E-state index >= 15 is 0 Å². The summed E-state index contributed by atoms with van der Waals surface area (Å²) in [6.07, 6.45) is 1.63. The van der Waals surface area contributed by atoms with Crippen molar-refractivity contribution >= 4 is 28.8 Å². The topological polar surface area (TPSA) is 93.9 Å². The highest BCUT2D eigenvalue weighted by atomic mass is 32.2. The Morgan fingerprint density at radius 3 is 2.39 bits per heavy atom. The minimum atomic E-state index is -0.415. The molecule has 0 saturated carbocycles. The molecular weight excluding hydrogens is 372 g/mol. The maximum atomic E-state index is 10.8. The first-order valence-electron chi connectivity index (χ1n) is 8.50. The molecule has 0 atom stereocenters. The predicted molar refractivity (Wildman–Crippen MR) is 115 cm³/mol. The van der Waals surface area contributed by atoms with Gasteiger partial charge in [-0.05, 0) is 28.8 Å². The molecule has 0 bridgehead atoms. The molecule has 6 nitrogen and oxygen atoms in total. The molecule has 140 valence electrons. The molecule has 0 radical (unpaired) electrons. The van der Waals surface area contributed by atoms with Gasteiger partial charge in [0, 0.05) is 23.4 Å². The average Bonchev–Trinajstić information content (AvgIpc) is 2.73. The van der Waals surface area contributed by atoms with E-state index < -0.39 is 4.92 Å². The third kappa shape index (κ3) is 5.28. The smallest absolute Gasteiger partial charge is 0.269 e. The van der Waals surface area contributed by atoms with Crippen LogP contribution in [-0.4, -0.2) is 16.3 Å². The second-order valence-electron chi connectivity index (χ2n) is 5.85. The Hall–Kier alpha value is -3.45. The van der Waals surface area contributed by atoms with E-state index in [1.54, 1.807) is 18.3 Å². The highest BCUT2D eigenvalue weighted by Gasteiger charge is 2.07. The first-order chi connectivity index (χ1) is 13.6. The fourth-order valence-electron chi connectivity index (χ4n) is 2.54. The van der Waals surface area contributed by atoms with Crippen LogP contribution in [0.4, 0.5) is 5.69 Å². The van der Waals surface area contributed by atoms with Crippen molar-refractivity contribution in [2.24, 2.45) is 15.9 Å². The first kappa shape index (κ1) is 19.3. The molecule has 0 aromatic heterocycles. The van der Waals surface area contributed by atoms with E-state index in [0.717, 1.165) is 28.0 Å². The van der Waals surface area contributed by atoms with E-state index in [-0.39, 0.29) is 5.69 Å². The summed E-state index contributed by atoms with van der Waals surface area (Å²) in [4.78, 5) is 10.4. The summed E-state index contributed by atoms with van der Waals surface area (Å²) in [6.45, 7) is 0. The number of rotatable bonds is 6. The molecule has 0 amide bonds. The maximum Gasteiger partial charge on any atom is 0.269 e. The van der Waals surface area contributed by atoms with E-state index in [1.165, 1.54) is 23.9 Å². The minimum Gasteiger partial charge on any atom is -0.377 e. The van der Waals surface area contributed by atoms with E-state index in [1.807, 2.05) is 54.6 Å². The lowest BCUT2D eigenvalue weighted by Crippen LogP contribution is -2.06. The number of nitrogens with two attached hydrogens (primary N) is 1. The minimum absolute atomic E-state index is 0.0581. The SMILES string of the molecule is NC(=NN=Cc1ccccc1-c1ccc([N+](=O)[O-])cc1)SCc1ccccc1. The zero-order valence-corrected chi connectivity index (χ0v) is 15.8. The molecule has 0 spiro atoms. The number of amidine groups is 1. The lowest BCUT2D eigenvalue weighted by atomic mass is 10.0. The molecule has 3 rings (SSSR count). The standard InChI is InChI=1S/C21H18N4O2S/c22-21(28-15-16-6-2-1-3-7-16)24-23-14-18-8-4-5-9-20(18)17-10-12-19(13-11-17)25(26)27/h1-14H,15H2,(H2,22,24). The molecule has 0 heterocycles. The Bertz CT molecular complexity index is 1000. The van der Waals surface area contributed by atoms with Crippen LogP contribution in [0, 0.1) is 10.1 Å². The summed E-state index contributed by atoms with van der Waals surface area (Å²) < 4.78 is 0. The van der Waals surface area contributed by atoms with Gasteiger partial charge in [-0.15, -0.1) is 5.10 Å². The van der Waals surface area contributed by atoms with Crippen LogP contribution in [0.2, 0.25) is 0 Å². The van der Waals surface area contributed by atoms with Crippen LogP contribution >= 0.6 is 11.8 Å². The number of hydrogen-bond acceptors (Lipinski definition) is 5. The van der Waals surface area contributed by atoms with Gasteiger partial charge >= 0.3 is 0 Å². The third-order valence-electron chi connectivity index (χ3n) is 3.93. The Balaban J connectivity index is 1.71. The zero-order chi connectivity index (χ0) is 19.8. The Labute approximate surface area is 167 Å². The van der Waals surface area contributed by atoms with Gasteiger partial charge in [-0.2, -0.15) is 5.10 Å². The molecule has 0 saturated heterocycles. The van der Waals surface area contributed by atoms with Gasteiger partial charge in [0.2, 0.25) is 0 Å². The van der Waals surface area contributed by atoms with Crippen LogP contribution in [0.5, 0.6) is 0 Å². The van der Waals surface area contributed by atoms with Crippen LogP contribution in [0.15, 0.2) is 89.1 Å². The molecule has 0 aliphatic carbocycles. The highest BCUT2D eigenvalue weighted by Crippen LogP contribution is 2.25.